The van der Waals surface area contributed by atoms with Crippen LogP contribution in [-0.4, -0.2) is 12.6 Å². The molecule has 0 aromatic heterocycles. The van der Waals surface area contributed by atoms with Crippen molar-refractivity contribution in [1.29, 1.82) is 0 Å². The van der Waals surface area contributed by atoms with Crippen LogP contribution in [0.4, 0.5) is 5.69 Å². The lowest BCUT2D eigenvalue weighted by molar-refractivity contribution is 0.414. The van der Waals surface area contributed by atoms with E-state index in [0.29, 0.717) is 0 Å². The Bertz CT molecular complexity index is 458. The maximum Gasteiger partial charge on any atom is 0.119 e. The van der Waals surface area contributed by atoms with Crippen molar-refractivity contribution >= 4 is 11.3 Å². The molecule has 1 aliphatic rings. The summed E-state index contributed by atoms with van der Waals surface area (Å²) in [5, 5.41) is 3.69. The minimum absolute atomic E-state index is 0.118. The number of anilines is 1. The molecule has 1 N–H and O–H groups in total. The molecule has 1 aliphatic heterocycles. The van der Waals surface area contributed by atoms with Gasteiger partial charge in [0, 0.05) is 11.3 Å². The number of ether oxygens (including phenoxy) is 1. The zero-order valence-corrected chi connectivity index (χ0v) is 11.8. The Morgan fingerprint density at radius 3 is 2.44 bits per heavy atom. The lowest BCUT2D eigenvalue weighted by atomic mass is 9.83. The van der Waals surface area contributed by atoms with Crippen molar-refractivity contribution in [3.05, 3.63) is 29.8 Å². The van der Waals surface area contributed by atoms with Crippen LogP contribution in [0.2, 0.25) is 0 Å². The van der Waals surface area contributed by atoms with Gasteiger partial charge in [-0.1, -0.05) is 26.8 Å². The Morgan fingerprint density at radius 1 is 1.17 bits per heavy atom. The molecule has 0 radical (unpaired) electrons. The average Bonchev–Trinajstić information content (AvgIpc) is 2.45. The summed E-state index contributed by atoms with van der Waals surface area (Å²) < 4.78 is 5.32. The number of rotatable bonds is 4. The van der Waals surface area contributed by atoms with E-state index >= 15 is 0 Å². The quantitative estimate of drug-likeness (QED) is 0.844. The van der Waals surface area contributed by atoms with Crippen molar-refractivity contribution < 1.29 is 4.74 Å². The van der Waals surface area contributed by atoms with Gasteiger partial charge < -0.3 is 10.1 Å². The zero-order valence-electron chi connectivity index (χ0n) is 11.8. The standard InChI is InChI=1S/C16H23NO/c1-5-12-11-16(6-2,7-3)17-15-9-8-13(18-4)10-14(12)15/h8-11,17H,5-7H2,1-4H3. The van der Waals surface area contributed by atoms with Crippen molar-refractivity contribution in [3.8, 4) is 5.75 Å². The highest BCUT2D eigenvalue weighted by Gasteiger charge is 2.29. The smallest absolute Gasteiger partial charge is 0.119 e. The molecule has 0 unspecified atom stereocenters. The Kier molecular flexibility index (Phi) is 3.65. The Hall–Kier alpha value is -1.44. The molecule has 2 heteroatoms. The summed E-state index contributed by atoms with van der Waals surface area (Å²) in [6, 6.07) is 6.30. The van der Waals surface area contributed by atoms with Gasteiger partial charge in [-0.3, -0.25) is 0 Å². The third-order valence-corrected chi connectivity index (χ3v) is 4.05. The molecule has 18 heavy (non-hydrogen) atoms. The first-order valence-corrected chi connectivity index (χ1v) is 6.86. The van der Waals surface area contributed by atoms with Crippen molar-refractivity contribution in [2.24, 2.45) is 0 Å². The molecule has 0 bridgehead atoms. The van der Waals surface area contributed by atoms with Gasteiger partial charge >= 0.3 is 0 Å². The molecule has 0 aliphatic carbocycles. The van der Waals surface area contributed by atoms with E-state index in [1.165, 1.54) is 16.8 Å². The second-order valence-electron chi connectivity index (χ2n) is 4.92. The second kappa shape index (κ2) is 5.05. The van der Waals surface area contributed by atoms with E-state index in [-0.39, 0.29) is 5.54 Å². The molecule has 0 saturated carbocycles. The van der Waals surface area contributed by atoms with E-state index in [2.05, 4.69) is 44.3 Å². The summed E-state index contributed by atoms with van der Waals surface area (Å²) in [6.45, 7) is 6.71. The number of methoxy groups -OCH3 is 1. The number of hydrogen-bond donors (Lipinski definition) is 1. The number of allylic oxidation sites excluding steroid dienone is 1. The van der Waals surface area contributed by atoms with Crippen LogP contribution in [0.15, 0.2) is 24.3 Å². The van der Waals surface area contributed by atoms with Gasteiger partial charge in [-0.25, -0.2) is 0 Å². The van der Waals surface area contributed by atoms with Gasteiger partial charge in [0.15, 0.2) is 0 Å². The van der Waals surface area contributed by atoms with E-state index in [1.807, 2.05) is 6.07 Å². The van der Waals surface area contributed by atoms with Gasteiger partial charge in [0.1, 0.15) is 5.75 Å². The number of nitrogens with one attached hydrogen (secondary N) is 1. The first kappa shape index (κ1) is 13.0. The topological polar surface area (TPSA) is 21.3 Å². The van der Waals surface area contributed by atoms with Gasteiger partial charge in [-0.15, -0.1) is 0 Å². The van der Waals surface area contributed by atoms with Crippen molar-refractivity contribution in [2.45, 2.75) is 45.6 Å². The van der Waals surface area contributed by atoms with E-state index in [1.54, 1.807) is 7.11 Å². The summed E-state index contributed by atoms with van der Waals surface area (Å²) in [7, 11) is 1.72. The fourth-order valence-corrected chi connectivity index (χ4v) is 2.66. The van der Waals surface area contributed by atoms with Crippen molar-refractivity contribution in [2.75, 3.05) is 12.4 Å². The van der Waals surface area contributed by atoms with E-state index in [4.69, 9.17) is 4.74 Å². The highest BCUT2D eigenvalue weighted by atomic mass is 16.5. The first-order chi connectivity index (χ1) is 8.68. The minimum atomic E-state index is 0.118. The minimum Gasteiger partial charge on any atom is -0.497 e. The van der Waals surface area contributed by atoms with E-state index in [9.17, 15) is 0 Å². The van der Waals surface area contributed by atoms with Crippen LogP contribution >= 0.6 is 0 Å². The van der Waals surface area contributed by atoms with Crippen LogP contribution in [0.3, 0.4) is 0 Å². The fraction of sp³-hybridized carbons (Fsp3) is 0.500. The van der Waals surface area contributed by atoms with Gasteiger partial charge in [0.05, 0.1) is 12.6 Å². The summed E-state index contributed by atoms with van der Waals surface area (Å²) in [5.74, 6) is 0.926. The molecular weight excluding hydrogens is 222 g/mol. The van der Waals surface area contributed by atoms with E-state index < -0.39 is 0 Å². The predicted molar refractivity (Wildman–Crippen MR) is 78.2 cm³/mol. The predicted octanol–water partition coefficient (Wildman–Crippen LogP) is 4.47. The fourth-order valence-electron chi connectivity index (χ4n) is 2.66. The third kappa shape index (κ3) is 2.12. The maximum atomic E-state index is 5.32. The van der Waals surface area contributed by atoms with Gasteiger partial charge in [-0.05, 0) is 43.0 Å². The van der Waals surface area contributed by atoms with Crippen LogP contribution in [0, 0.1) is 0 Å². The summed E-state index contributed by atoms with van der Waals surface area (Å²) in [4.78, 5) is 0. The SMILES string of the molecule is CCC1=CC(CC)(CC)Nc2ccc(OC)cc21. The number of fused-ring (bicyclic) bond motifs is 1. The Labute approximate surface area is 110 Å². The molecule has 98 valence electrons. The largest absolute Gasteiger partial charge is 0.497 e. The lowest BCUT2D eigenvalue weighted by Crippen LogP contribution is -2.37. The summed E-state index contributed by atoms with van der Waals surface area (Å²) in [6.07, 6.45) is 5.69. The average molecular weight is 245 g/mol. The second-order valence-corrected chi connectivity index (χ2v) is 4.92. The molecular formula is C16H23NO. The normalized spacial score (nSPS) is 16.6. The van der Waals surface area contributed by atoms with Crippen molar-refractivity contribution in [1.82, 2.24) is 0 Å². The number of benzene rings is 1. The Morgan fingerprint density at radius 2 is 1.89 bits per heavy atom. The van der Waals surface area contributed by atoms with Crippen LogP contribution in [0.1, 0.15) is 45.6 Å². The van der Waals surface area contributed by atoms with E-state index in [0.717, 1.165) is 25.0 Å². The number of hydrogen-bond acceptors (Lipinski definition) is 2. The first-order valence-electron chi connectivity index (χ1n) is 6.86. The molecule has 0 saturated heterocycles. The molecule has 0 atom stereocenters. The molecule has 0 fully saturated rings. The highest BCUT2D eigenvalue weighted by Crippen LogP contribution is 2.39. The molecule has 2 nitrogen and oxygen atoms in total. The van der Waals surface area contributed by atoms with Gasteiger partial charge in [0.25, 0.3) is 0 Å². The zero-order chi connectivity index (χ0) is 13.2. The van der Waals surface area contributed by atoms with Crippen LogP contribution in [0.25, 0.3) is 5.57 Å². The maximum absolute atomic E-state index is 5.32. The lowest BCUT2D eigenvalue weighted by Gasteiger charge is -2.37. The highest BCUT2D eigenvalue weighted by molar-refractivity contribution is 5.82. The molecule has 2 rings (SSSR count). The molecule has 0 amide bonds. The monoisotopic (exact) mass is 245 g/mol. The molecule has 1 aromatic rings. The van der Waals surface area contributed by atoms with Gasteiger partial charge in [0.2, 0.25) is 0 Å². The van der Waals surface area contributed by atoms with Crippen molar-refractivity contribution in [3.63, 3.8) is 0 Å². The van der Waals surface area contributed by atoms with Crippen LogP contribution < -0.4 is 10.1 Å². The van der Waals surface area contributed by atoms with Crippen LogP contribution in [0.5, 0.6) is 5.75 Å². The summed E-state index contributed by atoms with van der Waals surface area (Å²) in [5.41, 5.74) is 4.06. The molecule has 0 spiro atoms. The summed E-state index contributed by atoms with van der Waals surface area (Å²) >= 11 is 0. The third-order valence-electron chi connectivity index (χ3n) is 4.05. The van der Waals surface area contributed by atoms with Crippen LogP contribution in [-0.2, 0) is 0 Å². The molecule has 1 heterocycles. The molecule has 1 aromatic carbocycles. The van der Waals surface area contributed by atoms with Gasteiger partial charge in [-0.2, -0.15) is 0 Å². The Balaban J connectivity index is 2.50.